The van der Waals surface area contributed by atoms with Gasteiger partial charge < -0.3 is 14.8 Å². The maximum Gasteiger partial charge on any atom is 0.264 e. The lowest BCUT2D eigenvalue weighted by Gasteiger charge is -2.10. The molecule has 0 spiro atoms. The second-order valence-electron chi connectivity index (χ2n) is 5.56. The van der Waals surface area contributed by atoms with Gasteiger partial charge in [0.2, 0.25) is 0 Å². The Morgan fingerprint density at radius 2 is 1.88 bits per heavy atom. The monoisotopic (exact) mass is 432 g/mol. The van der Waals surface area contributed by atoms with E-state index in [1.54, 1.807) is 20.3 Å². The summed E-state index contributed by atoms with van der Waals surface area (Å²) in [5.74, 6) is 1.03. The molecule has 7 heteroatoms. The Bertz CT molecular complexity index is 908. The van der Waals surface area contributed by atoms with Gasteiger partial charge in [0.05, 0.1) is 29.3 Å². The topological polar surface area (TPSA) is 59.9 Å². The van der Waals surface area contributed by atoms with Crippen molar-refractivity contribution in [3.63, 3.8) is 0 Å². The van der Waals surface area contributed by atoms with Gasteiger partial charge in [-0.25, -0.2) is 4.99 Å². The fraction of sp³-hybridized carbons (Fsp3) is 0.158. The summed E-state index contributed by atoms with van der Waals surface area (Å²) in [6.45, 7) is 2.02. The maximum atomic E-state index is 12.2. The van der Waals surface area contributed by atoms with Crippen molar-refractivity contribution in [1.29, 1.82) is 0 Å². The summed E-state index contributed by atoms with van der Waals surface area (Å²) in [5, 5.41) is 3.35. The first-order chi connectivity index (χ1) is 12.5. The van der Waals surface area contributed by atoms with E-state index in [9.17, 15) is 4.79 Å². The number of ether oxygens (including phenoxy) is 2. The molecule has 0 unspecified atom stereocenters. The molecule has 1 aliphatic heterocycles. The van der Waals surface area contributed by atoms with Gasteiger partial charge in [-0.05, 0) is 70.5 Å². The summed E-state index contributed by atoms with van der Waals surface area (Å²) in [7, 11) is 3.15. The summed E-state index contributed by atoms with van der Waals surface area (Å²) in [6, 6.07) is 11.5. The van der Waals surface area contributed by atoms with Crippen molar-refractivity contribution in [3.8, 4) is 11.5 Å². The van der Waals surface area contributed by atoms with Crippen LogP contribution in [0.4, 0.5) is 5.69 Å². The van der Waals surface area contributed by atoms with Crippen LogP contribution in [-0.4, -0.2) is 25.3 Å². The van der Waals surface area contributed by atoms with Crippen LogP contribution in [0, 0.1) is 6.92 Å². The van der Waals surface area contributed by atoms with E-state index in [1.165, 1.54) is 11.8 Å². The molecular weight excluding hydrogens is 416 g/mol. The lowest BCUT2D eigenvalue weighted by Crippen LogP contribution is -2.19. The number of nitrogens with zero attached hydrogens (tertiary/aromatic N) is 1. The van der Waals surface area contributed by atoms with Crippen LogP contribution in [0.3, 0.4) is 0 Å². The summed E-state index contributed by atoms with van der Waals surface area (Å²) in [6.07, 6.45) is 1.80. The maximum absolute atomic E-state index is 12.2. The number of amides is 1. The Morgan fingerprint density at radius 3 is 2.54 bits per heavy atom. The van der Waals surface area contributed by atoms with Gasteiger partial charge in [0, 0.05) is 0 Å². The molecule has 1 heterocycles. The number of benzene rings is 2. The number of hydrogen-bond donors (Lipinski definition) is 1. The van der Waals surface area contributed by atoms with Gasteiger partial charge in [-0.3, -0.25) is 4.79 Å². The molecule has 0 atom stereocenters. The molecule has 1 N–H and O–H groups in total. The van der Waals surface area contributed by atoms with Crippen molar-refractivity contribution < 1.29 is 14.3 Å². The largest absolute Gasteiger partial charge is 0.493 e. The zero-order valence-electron chi connectivity index (χ0n) is 14.5. The predicted molar refractivity (Wildman–Crippen MR) is 109 cm³/mol. The van der Waals surface area contributed by atoms with E-state index < -0.39 is 0 Å². The standard InChI is InChI=1S/C19H17BrN2O3S/c1-11-4-6-13(7-5-11)21-19-22-18(23)16(26-19)10-12-8-14(20)17(25-3)15(9-12)24-2/h4-10H,1-3H3,(H,21,22,23)/b16-10-. The molecule has 0 saturated carbocycles. The molecule has 2 aromatic rings. The minimum absolute atomic E-state index is 0.174. The number of aryl methyl sites for hydroxylation is 1. The smallest absolute Gasteiger partial charge is 0.264 e. The second kappa shape index (κ2) is 7.97. The first-order valence-electron chi connectivity index (χ1n) is 7.78. The van der Waals surface area contributed by atoms with Gasteiger partial charge in [-0.2, -0.15) is 0 Å². The Balaban J connectivity index is 1.87. The zero-order chi connectivity index (χ0) is 18.7. The van der Waals surface area contributed by atoms with Crippen molar-refractivity contribution in [2.45, 2.75) is 6.92 Å². The number of hydrogen-bond acceptors (Lipinski definition) is 5. The van der Waals surface area contributed by atoms with Crippen molar-refractivity contribution in [2.75, 3.05) is 14.2 Å². The van der Waals surface area contributed by atoms with Crippen LogP contribution in [0.1, 0.15) is 11.1 Å². The highest BCUT2D eigenvalue weighted by Gasteiger charge is 2.24. The fourth-order valence-corrected chi connectivity index (χ4v) is 3.85. The SMILES string of the molecule is COc1cc(/C=C2\SC(=Nc3ccc(C)cc3)NC2=O)cc(Br)c1OC. The summed E-state index contributed by atoms with van der Waals surface area (Å²) < 4.78 is 11.4. The van der Waals surface area contributed by atoms with E-state index in [-0.39, 0.29) is 5.91 Å². The van der Waals surface area contributed by atoms with Gasteiger partial charge in [0.25, 0.3) is 5.91 Å². The predicted octanol–water partition coefficient (Wildman–Crippen LogP) is 4.67. The number of halogens is 1. The summed E-state index contributed by atoms with van der Waals surface area (Å²) in [5.41, 5.74) is 2.79. The molecule has 0 aliphatic carbocycles. The highest BCUT2D eigenvalue weighted by molar-refractivity contribution is 9.10. The number of methoxy groups -OCH3 is 2. The molecular formula is C19H17BrN2O3S. The van der Waals surface area contributed by atoms with Crippen LogP contribution < -0.4 is 14.8 Å². The number of nitrogens with one attached hydrogen (secondary N) is 1. The first-order valence-corrected chi connectivity index (χ1v) is 9.39. The molecule has 5 nitrogen and oxygen atoms in total. The molecule has 26 heavy (non-hydrogen) atoms. The van der Waals surface area contributed by atoms with E-state index >= 15 is 0 Å². The molecule has 0 aromatic heterocycles. The van der Waals surface area contributed by atoms with Gasteiger partial charge in [0.15, 0.2) is 16.7 Å². The number of aliphatic imine (C=N–C) groups is 1. The highest BCUT2D eigenvalue weighted by Crippen LogP contribution is 2.38. The van der Waals surface area contributed by atoms with Crippen molar-refractivity contribution in [2.24, 2.45) is 4.99 Å². The van der Waals surface area contributed by atoms with Crippen molar-refractivity contribution in [3.05, 3.63) is 56.9 Å². The highest BCUT2D eigenvalue weighted by atomic mass is 79.9. The lowest BCUT2D eigenvalue weighted by atomic mass is 10.2. The summed E-state index contributed by atoms with van der Waals surface area (Å²) in [4.78, 5) is 17.3. The van der Waals surface area contributed by atoms with Crippen LogP contribution in [-0.2, 0) is 4.79 Å². The van der Waals surface area contributed by atoms with Crippen LogP contribution >= 0.6 is 27.7 Å². The Kier molecular flexibility index (Phi) is 5.68. The number of carbonyl (C=O) groups is 1. The Labute approximate surface area is 164 Å². The van der Waals surface area contributed by atoms with Crippen LogP contribution in [0.5, 0.6) is 11.5 Å². The third-order valence-electron chi connectivity index (χ3n) is 3.67. The molecule has 3 rings (SSSR count). The fourth-order valence-electron chi connectivity index (χ4n) is 2.39. The van der Waals surface area contributed by atoms with Gasteiger partial charge >= 0.3 is 0 Å². The Hall–Kier alpha value is -2.25. The zero-order valence-corrected chi connectivity index (χ0v) is 16.9. The Morgan fingerprint density at radius 1 is 1.15 bits per heavy atom. The van der Waals surface area contributed by atoms with Crippen molar-refractivity contribution in [1.82, 2.24) is 5.32 Å². The third kappa shape index (κ3) is 4.11. The third-order valence-corrected chi connectivity index (χ3v) is 5.17. The number of thioether (sulfide) groups is 1. The van der Waals surface area contributed by atoms with Gasteiger partial charge in [-0.15, -0.1) is 0 Å². The average Bonchev–Trinajstić information content (AvgIpc) is 2.95. The van der Waals surface area contributed by atoms with E-state index in [2.05, 4.69) is 26.2 Å². The van der Waals surface area contributed by atoms with Crippen LogP contribution in [0.2, 0.25) is 0 Å². The molecule has 0 bridgehead atoms. The summed E-state index contributed by atoms with van der Waals surface area (Å²) >= 11 is 4.77. The van der Waals surface area contributed by atoms with Gasteiger partial charge in [-0.1, -0.05) is 17.7 Å². The quantitative estimate of drug-likeness (QED) is 0.713. The lowest BCUT2D eigenvalue weighted by molar-refractivity contribution is -0.115. The minimum atomic E-state index is -0.174. The second-order valence-corrected chi connectivity index (χ2v) is 7.44. The average molecular weight is 433 g/mol. The molecule has 2 aromatic carbocycles. The molecule has 1 fully saturated rings. The van der Waals surface area contributed by atoms with Crippen LogP contribution in [0.15, 0.2) is 50.8 Å². The normalized spacial score (nSPS) is 16.8. The molecule has 1 amide bonds. The molecule has 1 aliphatic rings. The van der Waals surface area contributed by atoms with Gasteiger partial charge in [0.1, 0.15) is 0 Å². The minimum Gasteiger partial charge on any atom is -0.493 e. The van der Waals surface area contributed by atoms with Crippen LogP contribution in [0.25, 0.3) is 6.08 Å². The van der Waals surface area contributed by atoms with Crippen molar-refractivity contribution >= 4 is 50.5 Å². The molecule has 0 radical (unpaired) electrons. The first kappa shape index (κ1) is 18.5. The van der Waals surface area contributed by atoms with E-state index in [4.69, 9.17) is 9.47 Å². The van der Waals surface area contributed by atoms with E-state index in [1.807, 2.05) is 43.3 Å². The molecule has 134 valence electrons. The number of amidine groups is 1. The van der Waals surface area contributed by atoms with E-state index in [0.717, 1.165) is 21.3 Å². The number of rotatable bonds is 4. The molecule has 1 saturated heterocycles. The van der Waals surface area contributed by atoms with E-state index in [0.29, 0.717) is 21.6 Å². The number of carbonyl (C=O) groups excluding carboxylic acids is 1.